The molecule has 0 aliphatic carbocycles. The van der Waals surface area contributed by atoms with E-state index in [0.717, 1.165) is 28.3 Å². The first kappa shape index (κ1) is 21.0. The maximum Gasteiger partial charge on any atom is 0.573 e. The molecule has 0 unspecified atom stereocenters. The van der Waals surface area contributed by atoms with E-state index in [1.54, 1.807) is 6.07 Å². The SMILES string of the molecule is CC(C)c1cc(N2CCc3cc(OC(F)(F)F)ccc3C2)nc(Nc2ccccc2)n1. The van der Waals surface area contributed by atoms with Crippen molar-refractivity contribution < 1.29 is 17.9 Å². The molecule has 0 fully saturated rings. The van der Waals surface area contributed by atoms with E-state index in [1.165, 1.54) is 12.1 Å². The van der Waals surface area contributed by atoms with Crippen LogP contribution in [0.2, 0.25) is 0 Å². The van der Waals surface area contributed by atoms with Crippen LogP contribution in [0.1, 0.15) is 36.6 Å². The Balaban J connectivity index is 1.58. The van der Waals surface area contributed by atoms with Crippen LogP contribution in [0.3, 0.4) is 0 Å². The molecule has 3 aromatic rings. The highest BCUT2D eigenvalue weighted by Crippen LogP contribution is 2.30. The number of anilines is 3. The Kier molecular flexibility index (Phi) is 5.71. The summed E-state index contributed by atoms with van der Waals surface area (Å²) in [5.74, 6) is 1.35. The molecule has 1 aromatic heterocycles. The highest BCUT2D eigenvalue weighted by molar-refractivity contribution is 5.56. The zero-order valence-corrected chi connectivity index (χ0v) is 17.3. The lowest BCUT2D eigenvalue weighted by Gasteiger charge is -2.30. The van der Waals surface area contributed by atoms with Crippen molar-refractivity contribution in [1.29, 1.82) is 0 Å². The van der Waals surface area contributed by atoms with Crippen LogP contribution < -0.4 is 15.0 Å². The molecule has 0 atom stereocenters. The van der Waals surface area contributed by atoms with E-state index in [2.05, 4.69) is 33.8 Å². The minimum absolute atomic E-state index is 0.182. The second-order valence-corrected chi connectivity index (χ2v) is 7.77. The number of hydrogen-bond donors (Lipinski definition) is 1. The van der Waals surface area contributed by atoms with E-state index in [9.17, 15) is 13.2 Å². The highest BCUT2D eigenvalue weighted by Gasteiger charge is 2.31. The van der Waals surface area contributed by atoms with Gasteiger partial charge in [-0.25, -0.2) is 4.98 Å². The minimum Gasteiger partial charge on any atom is -0.406 e. The van der Waals surface area contributed by atoms with E-state index in [-0.39, 0.29) is 11.7 Å². The van der Waals surface area contributed by atoms with Crippen LogP contribution in [0, 0.1) is 0 Å². The van der Waals surface area contributed by atoms with Gasteiger partial charge in [0.1, 0.15) is 11.6 Å². The van der Waals surface area contributed by atoms with E-state index in [1.807, 2.05) is 36.4 Å². The molecule has 0 bridgehead atoms. The number of fused-ring (bicyclic) bond motifs is 1. The molecule has 0 saturated carbocycles. The van der Waals surface area contributed by atoms with Gasteiger partial charge in [-0.05, 0) is 47.7 Å². The molecule has 31 heavy (non-hydrogen) atoms. The fraction of sp³-hybridized carbons (Fsp3) is 0.304. The van der Waals surface area contributed by atoms with Gasteiger partial charge in [0.2, 0.25) is 5.95 Å². The molecule has 2 aromatic carbocycles. The van der Waals surface area contributed by atoms with Crippen molar-refractivity contribution in [3.8, 4) is 5.75 Å². The first-order valence-corrected chi connectivity index (χ1v) is 10.1. The van der Waals surface area contributed by atoms with Crippen molar-refractivity contribution in [2.24, 2.45) is 0 Å². The summed E-state index contributed by atoms with van der Waals surface area (Å²) in [6.07, 6.45) is -4.09. The Morgan fingerprint density at radius 2 is 1.77 bits per heavy atom. The van der Waals surface area contributed by atoms with Gasteiger partial charge in [0.05, 0.1) is 5.69 Å². The Hall–Kier alpha value is -3.29. The zero-order chi connectivity index (χ0) is 22.0. The fourth-order valence-electron chi connectivity index (χ4n) is 3.54. The molecule has 162 valence electrons. The molecule has 0 radical (unpaired) electrons. The van der Waals surface area contributed by atoms with Gasteiger partial charge in [0.25, 0.3) is 0 Å². The number of nitrogens with zero attached hydrogens (tertiary/aromatic N) is 3. The Bertz CT molecular complexity index is 1050. The van der Waals surface area contributed by atoms with Gasteiger partial charge >= 0.3 is 6.36 Å². The van der Waals surface area contributed by atoms with Gasteiger partial charge in [0, 0.05) is 24.8 Å². The quantitative estimate of drug-likeness (QED) is 0.556. The van der Waals surface area contributed by atoms with Gasteiger partial charge in [-0.3, -0.25) is 0 Å². The minimum atomic E-state index is -4.69. The molecule has 0 spiro atoms. The van der Waals surface area contributed by atoms with Crippen LogP contribution in [0.15, 0.2) is 54.6 Å². The molecule has 8 heteroatoms. The largest absolute Gasteiger partial charge is 0.573 e. The van der Waals surface area contributed by atoms with Crippen LogP contribution in [-0.2, 0) is 13.0 Å². The molecule has 1 aliphatic rings. The Morgan fingerprint density at radius 3 is 2.48 bits per heavy atom. The van der Waals surface area contributed by atoms with Crippen LogP contribution in [-0.4, -0.2) is 22.9 Å². The van der Waals surface area contributed by atoms with Crippen LogP contribution in [0.25, 0.3) is 0 Å². The molecule has 1 aliphatic heterocycles. The Morgan fingerprint density at radius 1 is 1.00 bits per heavy atom. The van der Waals surface area contributed by atoms with Crippen LogP contribution in [0.5, 0.6) is 5.75 Å². The highest BCUT2D eigenvalue weighted by atomic mass is 19.4. The smallest absolute Gasteiger partial charge is 0.406 e. The molecular formula is C23H23F3N4O. The lowest BCUT2D eigenvalue weighted by Crippen LogP contribution is -2.31. The average Bonchev–Trinajstić information content (AvgIpc) is 2.72. The molecular weight excluding hydrogens is 405 g/mol. The van der Waals surface area contributed by atoms with E-state index < -0.39 is 6.36 Å². The third-order valence-electron chi connectivity index (χ3n) is 5.10. The Labute approximate surface area is 178 Å². The van der Waals surface area contributed by atoms with E-state index in [0.29, 0.717) is 25.5 Å². The predicted molar refractivity (Wildman–Crippen MR) is 114 cm³/mol. The van der Waals surface area contributed by atoms with Gasteiger partial charge in [-0.1, -0.05) is 38.1 Å². The summed E-state index contributed by atoms with van der Waals surface area (Å²) in [5.41, 5.74) is 3.64. The summed E-state index contributed by atoms with van der Waals surface area (Å²) in [7, 11) is 0. The standard InChI is InChI=1S/C23H23F3N4O/c1-15(2)20-13-21(29-22(28-20)27-18-6-4-3-5-7-18)30-11-10-16-12-19(31-23(24,25)26)9-8-17(16)14-30/h3-9,12-13,15H,10-11,14H2,1-2H3,(H,27,28,29). The summed E-state index contributed by atoms with van der Waals surface area (Å²) in [6, 6.07) is 16.2. The number of benzene rings is 2. The number of halogens is 3. The summed E-state index contributed by atoms with van der Waals surface area (Å²) >= 11 is 0. The van der Waals surface area contributed by atoms with Gasteiger partial charge in [0.15, 0.2) is 0 Å². The summed E-state index contributed by atoms with van der Waals surface area (Å²) < 4.78 is 41.6. The molecule has 1 N–H and O–H groups in total. The average molecular weight is 428 g/mol. The number of para-hydroxylation sites is 1. The molecule has 5 nitrogen and oxygen atoms in total. The summed E-state index contributed by atoms with van der Waals surface area (Å²) in [5, 5.41) is 3.26. The molecule has 4 rings (SSSR count). The van der Waals surface area contributed by atoms with Crippen molar-refractivity contribution in [2.75, 3.05) is 16.8 Å². The predicted octanol–water partition coefficient (Wildman–Crippen LogP) is 5.80. The van der Waals surface area contributed by atoms with Gasteiger partial charge in [-0.2, -0.15) is 4.98 Å². The number of rotatable bonds is 5. The fourth-order valence-corrected chi connectivity index (χ4v) is 3.54. The summed E-state index contributed by atoms with van der Waals surface area (Å²) in [6.45, 7) is 5.35. The lowest BCUT2D eigenvalue weighted by molar-refractivity contribution is -0.274. The van der Waals surface area contributed by atoms with Crippen molar-refractivity contribution in [3.05, 3.63) is 71.4 Å². The number of aromatic nitrogens is 2. The lowest BCUT2D eigenvalue weighted by atomic mass is 9.99. The number of alkyl halides is 3. The van der Waals surface area contributed by atoms with Crippen molar-refractivity contribution >= 4 is 17.5 Å². The van der Waals surface area contributed by atoms with E-state index >= 15 is 0 Å². The number of nitrogens with one attached hydrogen (secondary N) is 1. The van der Waals surface area contributed by atoms with Crippen molar-refractivity contribution in [3.63, 3.8) is 0 Å². The summed E-state index contributed by atoms with van der Waals surface area (Å²) in [4.78, 5) is 11.5. The first-order valence-electron chi connectivity index (χ1n) is 10.1. The molecule has 0 amide bonds. The van der Waals surface area contributed by atoms with Crippen LogP contribution >= 0.6 is 0 Å². The van der Waals surface area contributed by atoms with E-state index in [4.69, 9.17) is 4.98 Å². The maximum absolute atomic E-state index is 12.5. The molecule has 0 saturated heterocycles. The number of ether oxygens (including phenoxy) is 1. The first-order chi connectivity index (χ1) is 14.8. The monoisotopic (exact) mass is 428 g/mol. The topological polar surface area (TPSA) is 50.3 Å². The van der Waals surface area contributed by atoms with Crippen molar-refractivity contribution in [1.82, 2.24) is 9.97 Å². The second kappa shape index (κ2) is 8.45. The second-order valence-electron chi connectivity index (χ2n) is 7.77. The van der Waals surface area contributed by atoms with Crippen molar-refractivity contribution in [2.45, 2.75) is 39.1 Å². The third-order valence-corrected chi connectivity index (χ3v) is 5.10. The zero-order valence-electron chi connectivity index (χ0n) is 17.3. The van der Waals surface area contributed by atoms with Crippen LogP contribution in [0.4, 0.5) is 30.6 Å². The van der Waals surface area contributed by atoms with Gasteiger partial charge < -0.3 is 15.0 Å². The normalized spacial score (nSPS) is 13.8. The van der Waals surface area contributed by atoms with Gasteiger partial charge in [-0.15, -0.1) is 13.2 Å². The maximum atomic E-state index is 12.5. The number of hydrogen-bond acceptors (Lipinski definition) is 5. The third kappa shape index (κ3) is 5.25. The molecule has 2 heterocycles.